The molecule has 0 saturated carbocycles. The van der Waals surface area contributed by atoms with Crippen LogP contribution in [0.5, 0.6) is 0 Å². The molecule has 18 heavy (non-hydrogen) atoms. The third kappa shape index (κ3) is 4.29. The highest BCUT2D eigenvalue weighted by Crippen LogP contribution is 2.08. The molecule has 0 heterocycles. The highest BCUT2D eigenvalue weighted by molar-refractivity contribution is 7.98. The number of hydrogen-bond donors (Lipinski definition) is 3. The zero-order valence-electron chi connectivity index (χ0n) is 10.1. The van der Waals surface area contributed by atoms with Gasteiger partial charge in [-0.05, 0) is 36.6 Å². The number of carboxylic acid groups (broad SMARTS) is 1. The van der Waals surface area contributed by atoms with E-state index in [-0.39, 0.29) is 0 Å². The Morgan fingerprint density at radius 1 is 1.50 bits per heavy atom. The van der Waals surface area contributed by atoms with E-state index >= 15 is 0 Å². The van der Waals surface area contributed by atoms with Crippen molar-refractivity contribution in [1.29, 1.82) is 0 Å². The number of thioether (sulfide) groups is 1. The maximum absolute atomic E-state index is 11.8. The number of amides is 1. The lowest BCUT2D eigenvalue weighted by Crippen LogP contribution is -2.41. The standard InChI is InChI=1S/C12H16N2O3S/c1-18-6-5-10(12(16)17)14-11(15)8-3-2-4-9(13)7-8/h2-4,7,10H,5-6,13H2,1H3,(H,14,15)(H,16,17). The fraction of sp³-hybridized carbons (Fsp3) is 0.333. The molecule has 1 aromatic rings. The van der Waals surface area contributed by atoms with Gasteiger partial charge in [0.2, 0.25) is 0 Å². The van der Waals surface area contributed by atoms with Crippen molar-refractivity contribution in [2.24, 2.45) is 0 Å². The van der Waals surface area contributed by atoms with Gasteiger partial charge in [0.25, 0.3) is 5.91 Å². The number of carboxylic acids is 1. The monoisotopic (exact) mass is 268 g/mol. The third-order valence-corrected chi connectivity index (χ3v) is 3.01. The molecule has 1 unspecified atom stereocenters. The summed E-state index contributed by atoms with van der Waals surface area (Å²) in [6.07, 6.45) is 2.28. The van der Waals surface area contributed by atoms with Gasteiger partial charge < -0.3 is 16.2 Å². The Bertz CT molecular complexity index is 437. The molecule has 0 aliphatic heterocycles. The third-order valence-electron chi connectivity index (χ3n) is 2.36. The molecule has 4 N–H and O–H groups in total. The largest absolute Gasteiger partial charge is 0.480 e. The summed E-state index contributed by atoms with van der Waals surface area (Å²) in [5.74, 6) is -0.772. The Morgan fingerprint density at radius 2 is 2.22 bits per heavy atom. The van der Waals surface area contributed by atoms with Crippen molar-refractivity contribution in [2.75, 3.05) is 17.7 Å². The van der Waals surface area contributed by atoms with Crippen LogP contribution in [0, 0.1) is 0 Å². The molecule has 0 spiro atoms. The number of aliphatic carboxylic acids is 1. The van der Waals surface area contributed by atoms with Crippen LogP contribution in [0.3, 0.4) is 0 Å². The fourth-order valence-electron chi connectivity index (χ4n) is 1.41. The van der Waals surface area contributed by atoms with Crippen molar-refractivity contribution in [2.45, 2.75) is 12.5 Å². The second-order valence-electron chi connectivity index (χ2n) is 3.77. The van der Waals surface area contributed by atoms with Crippen LogP contribution >= 0.6 is 11.8 Å². The van der Waals surface area contributed by atoms with Crippen LogP contribution in [0.2, 0.25) is 0 Å². The molecule has 98 valence electrons. The fourth-order valence-corrected chi connectivity index (χ4v) is 1.89. The lowest BCUT2D eigenvalue weighted by molar-refractivity contribution is -0.139. The first-order valence-electron chi connectivity index (χ1n) is 5.42. The number of benzene rings is 1. The first kappa shape index (κ1) is 14.4. The van der Waals surface area contributed by atoms with Crippen molar-refractivity contribution in [1.82, 2.24) is 5.32 Å². The Hall–Kier alpha value is -1.69. The Morgan fingerprint density at radius 3 is 2.78 bits per heavy atom. The number of anilines is 1. The van der Waals surface area contributed by atoms with Gasteiger partial charge in [-0.3, -0.25) is 4.79 Å². The Balaban J connectivity index is 2.69. The average Bonchev–Trinajstić information content (AvgIpc) is 2.33. The molecular formula is C12H16N2O3S. The summed E-state index contributed by atoms with van der Waals surface area (Å²) < 4.78 is 0. The molecule has 0 aliphatic rings. The van der Waals surface area contributed by atoms with Crippen LogP contribution in [0.15, 0.2) is 24.3 Å². The number of nitrogens with two attached hydrogens (primary N) is 1. The molecule has 1 aromatic carbocycles. The summed E-state index contributed by atoms with van der Waals surface area (Å²) in [4.78, 5) is 22.8. The zero-order chi connectivity index (χ0) is 13.5. The van der Waals surface area contributed by atoms with E-state index in [1.54, 1.807) is 18.2 Å². The summed E-state index contributed by atoms with van der Waals surface area (Å²) >= 11 is 1.54. The molecule has 0 fully saturated rings. The van der Waals surface area contributed by atoms with Gasteiger partial charge >= 0.3 is 5.97 Å². The van der Waals surface area contributed by atoms with Crippen molar-refractivity contribution in [3.63, 3.8) is 0 Å². The summed E-state index contributed by atoms with van der Waals surface area (Å²) in [6, 6.07) is 5.56. The van der Waals surface area contributed by atoms with Crippen LogP contribution < -0.4 is 11.1 Å². The van der Waals surface area contributed by atoms with Crippen molar-refractivity contribution in [3.8, 4) is 0 Å². The van der Waals surface area contributed by atoms with E-state index in [0.29, 0.717) is 23.4 Å². The molecule has 1 rings (SSSR count). The first-order chi connectivity index (χ1) is 8.54. The smallest absolute Gasteiger partial charge is 0.326 e. The molecule has 6 heteroatoms. The Labute approximate surface area is 110 Å². The van der Waals surface area contributed by atoms with Gasteiger partial charge in [-0.2, -0.15) is 11.8 Å². The molecule has 0 radical (unpaired) electrons. The first-order valence-corrected chi connectivity index (χ1v) is 6.82. The number of hydrogen-bond acceptors (Lipinski definition) is 4. The molecule has 5 nitrogen and oxygen atoms in total. The second-order valence-corrected chi connectivity index (χ2v) is 4.76. The van der Waals surface area contributed by atoms with E-state index in [9.17, 15) is 9.59 Å². The van der Waals surface area contributed by atoms with Gasteiger partial charge in [0.05, 0.1) is 0 Å². The maximum atomic E-state index is 11.8. The zero-order valence-corrected chi connectivity index (χ0v) is 10.9. The van der Waals surface area contributed by atoms with Gasteiger partial charge in [0.1, 0.15) is 6.04 Å². The van der Waals surface area contributed by atoms with Crippen LogP contribution in [-0.2, 0) is 4.79 Å². The van der Waals surface area contributed by atoms with Gasteiger partial charge in [0, 0.05) is 11.3 Å². The Kier molecular flexibility index (Phi) is 5.51. The predicted molar refractivity (Wildman–Crippen MR) is 72.7 cm³/mol. The number of carbonyl (C=O) groups is 2. The number of rotatable bonds is 6. The summed E-state index contributed by atoms with van der Waals surface area (Å²) in [6.45, 7) is 0. The molecule has 0 aromatic heterocycles. The van der Waals surface area contributed by atoms with E-state index in [1.807, 2.05) is 6.26 Å². The predicted octanol–water partition coefficient (Wildman–Crippen LogP) is 1.20. The minimum absolute atomic E-state index is 0.366. The average molecular weight is 268 g/mol. The van der Waals surface area contributed by atoms with Gasteiger partial charge in [-0.1, -0.05) is 6.07 Å². The quantitative estimate of drug-likeness (QED) is 0.674. The second kappa shape index (κ2) is 6.90. The van der Waals surface area contributed by atoms with Gasteiger partial charge in [0.15, 0.2) is 0 Å². The van der Waals surface area contributed by atoms with E-state index in [0.717, 1.165) is 0 Å². The van der Waals surface area contributed by atoms with Crippen molar-refractivity contribution >= 4 is 29.3 Å². The van der Waals surface area contributed by atoms with Crippen molar-refractivity contribution < 1.29 is 14.7 Å². The maximum Gasteiger partial charge on any atom is 0.326 e. The molecular weight excluding hydrogens is 252 g/mol. The van der Waals surface area contributed by atoms with Gasteiger partial charge in [-0.15, -0.1) is 0 Å². The highest BCUT2D eigenvalue weighted by atomic mass is 32.2. The van der Waals surface area contributed by atoms with Gasteiger partial charge in [-0.25, -0.2) is 4.79 Å². The minimum Gasteiger partial charge on any atom is -0.480 e. The summed E-state index contributed by atoms with van der Waals surface area (Å²) in [5.41, 5.74) is 6.40. The lowest BCUT2D eigenvalue weighted by Gasteiger charge is -2.14. The molecule has 0 saturated heterocycles. The number of nitrogens with one attached hydrogen (secondary N) is 1. The van der Waals surface area contributed by atoms with Crippen LogP contribution in [0.1, 0.15) is 16.8 Å². The molecule has 1 atom stereocenters. The number of carbonyl (C=O) groups excluding carboxylic acids is 1. The number of nitrogen functional groups attached to an aromatic ring is 1. The van der Waals surface area contributed by atoms with E-state index in [2.05, 4.69) is 5.32 Å². The SMILES string of the molecule is CSCCC(NC(=O)c1cccc(N)c1)C(=O)O. The lowest BCUT2D eigenvalue weighted by atomic mass is 10.1. The summed E-state index contributed by atoms with van der Waals surface area (Å²) in [5, 5.41) is 11.5. The topological polar surface area (TPSA) is 92.4 Å². The highest BCUT2D eigenvalue weighted by Gasteiger charge is 2.20. The molecule has 0 aliphatic carbocycles. The van der Waals surface area contributed by atoms with Crippen LogP contribution in [0.4, 0.5) is 5.69 Å². The van der Waals surface area contributed by atoms with Crippen LogP contribution in [0.25, 0.3) is 0 Å². The molecule has 0 bridgehead atoms. The van der Waals surface area contributed by atoms with Crippen LogP contribution in [-0.4, -0.2) is 35.0 Å². The minimum atomic E-state index is -1.03. The normalized spacial score (nSPS) is 11.8. The van der Waals surface area contributed by atoms with E-state index in [4.69, 9.17) is 10.8 Å². The summed E-state index contributed by atoms with van der Waals surface area (Å²) in [7, 11) is 0. The van der Waals surface area contributed by atoms with E-state index < -0.39 is 17.9 Å². The van der Waals surface area contributed by atoms with Crippen molar-refractivity contribution in [3.05, 3.63) is 29.8 Å². The molecule has 1 amide bonds. The van der Waals surface area contributed by atoms with E-state index in [1.165, 1.54) is 17.8 Å².